The van der Waals surface area contributed by atoms with Crippen molar-refractivity contribution >= 4 is 17.7 Å². The lowest BCUT2D eigenvalue weighted by atomic mass is 9.78. The van der Waals surface area contributed by atoms with E-state index in [2.05, 4.69) is 70.4 Å². The van der Waals surface area contributed by atoms with Gasteiger partial charge in [-0.2, -0.15) is 0 Å². The summed E-state index contributed by atoms with van der Waals surface area (Å²) in [5.41, 5.74) is 4.63. The average molecular weight is 509 g/mol. The lowest BCUT2D eigenvalue weighted by Crippen LogP contribution is -2.41. The van der Waals surface area contributed by atoms with Crippen LogP contribution in [0.5, 0.6) is 5.75 Å². The fourth-order valence-electron chi connectivity index (χ4n) is 5.02. The van der Waals surface area contributed by atoms with E-state index < -0.39 is 0 Å². The summed E-state index contributed by atoms with van der Waals surface area (Å²) in [6.07, 6.45) is 4.63. The lowest BCUT2D eigenvalue weighted by Gasteiger charge is -2.29. The second kappa shape index (κ2) is 11.6. The predicted molar refractivity (Wildman–Crippen MR) is 149 cm³/mol. The van der Waals surface area contributed by atoms with Gasteiger partial charge in [-0.25, -0.2) is 4.79 Å². The normalized spacial score (nSPS) is 18.2. The van der Waals surface area contributed by atoms with Crippen LogP contribution in [-0.2, 0) is 33.2 Å². The maximum atomic E-state index is 12.8. The summed E-state index contributed by atoms with van der Waals surface area (Å²) >= 11 is 0. The summed E-state index contributed by atoms with van der Waals surface area (Å²) in [7, 11) is 0. The van der Waals surface area contributed by atoms with E-state index in [0.717, 1.165) is 60.9 Å². The Morgan fingerprint density at radius 3 is 2.03 bits per heavy atom. The molecule has 1 aliphatic rings. The fourth-order valence-corrected chi connectivity index (χ4v) is 5.02. The smallest absolute Gasteiger partial charge is 0.319 e. The van der Waals surface area contributed by atoms with Crippen LogP contribution in [0.3, 0.4) is 0 Å². The number of hydrogen-bond donors (Lipinski definition) is 3. The molecule has 3 N–H and O–H groups in total. The number of amides is 2. The number of urea groups is 1. The number of aromatic hydroxyl groups is 1. The molecular formula is C31H44N2O4. The maximum Gasteiger partial charge on any atom is 0.319 e. The number of phenols is 1. The first-order valence-electron chi connectivity index (χ1n) is 13.4. The molecule has 0 saturated heterocycles. The van der Waals surface area contributed by atoms with E-state index in [0.29, 0.717) is 5.75 Å². The number of nitrogens with one attached hydrogen (secondary N) is 2. The fraction of sp³-hybridized carbons (Fsp3) is 0.548. The second-order valence-corrected chi connectivity index (χ2v) is 12.4. The SMILES string of the molecule is CC(=O)OC1CCC(NC(=O)Nc2ccccc2CCc2cc(C(C)(C)C)c(O)c(C(C)(C)C)c2)CC1. The number of benzene rings is 2. The van der Waals surface area contributed by atoms with Gasteiger partial charge in [0.25, 0.3) is 0 Å². The molecule has 0 heterocycles. The number of esters is 1. The Bertz CT molecular complexity index is 1070. The van der Waals surface area contributed by atoms with Crippen molar-refractivity contribution < 1.29 is 19.4 Å². The molecule has 1 aliphatic carbocycles. The van der Waals surface area contributed by atoms with Crippen molar-refractivity contribution in [2.24, 2.45) is 0 Å². The molecule has 6 nitrogen and oxygen atoms in total. The summed E-state index contributed by atoms with van der Waals surface area (Å²) in [6.45, 7) is 14.2. The third-order valence-electron chi connectivity index (χ3n) is 7.08. The Hall–Kier alpha value is -3.02. The second-order valence-electron chi connectivity index (χ2n) is 12.4. The van der Waals surface area contributed by atoms with Crippen molar-refractivity contribution in [2.45, 2.75) is 110 Å². The van der Waals surface area contributed by atoms with Crippen LogP contribution in [0.25, 0.3) is 0 Å². The van der Waals surface area contributed by atoms with Gasteiger partial charge >= 0.3 is 12.0 Å². The first-order chi connectivity index (χ1) is 17.2. The first-order valence-corrected chi connectivity index (χ1v) is 13.4. The zero-order valence-electron chi connectivity index (χ0n) is 23.5. The predicted octanol–water partition coefficient (Wildman–Crippen LogP) is 6.77. The van der Waals surface area contributed by atoms with Crippen molar-refractivity contribution in [2.75, 3.05) is 5.32 Å². The van der Waals surface area contributed by atoms with Gasteiger partial charge in [-0.1, -0.05) is 71.9 Å². The summed E-state index contributed by atoms with van der Waals surface area (Å²) in [5, 5.41) is 17.1. The molecule has 0 aliphatic heterocycles. The van der Waals surface area contributed by atoms with Gasteiger partial charge in [0.1, 0.15) is 11.9 Å². The highest BCUT2D eigenvalue weighted by Crippen LogP contribution is 2.40. The summed E-state index contributed by atoms with van der Waals surface area (Å²) < 4.78 is 5.30. The minimum Gasteiger partial charge on any atom is -0.507 e. The number of hydrogen-bond acceptors (Lipinski definition) is 4. The van der Waals surface area contributed by atoms with Gasteiger partial charge in [0, 0.05) is 18.7 Å². The third-order valence-corrected chi connectivity index (χ3v) is 7.08. The van der Waals surface area contributed by atoms with E-state index in [1.807, 2.05) is 18.2 Å². The van der Waals surface area contributed by atoms with Crippen molar-refractivity contribution in [1.82, 2.24) is 5.32 Å². The molecule has 0 radical (unpaired) electrons. The van der Waals surface area contributed by atoms with Crippen LogP contribution < -0.4 is 10.6 Å². The number of rotatable bonds is 6. The number of para-hydroxylation sites is 1. The van der Waals surface area contributed by atoms with Crippen LogP contribution in [0, 0.1) is 0 Å². The molecule has 6 heteroatoms. The van der Waals surface area contributed by atoms with Gasteiger partial charge in [-0.15, -0.1) is 0 Å². The van der Waals surface area contributed by atoms with Crippen LogP contribution in [0.4, 0.5) is 10.5 Å². The number of carbonyl (C=O) groups excluding carboxylic acids is 2. The molecule has 0 bridgehead atoms. The highest BCUT2D eigenvalue weighted by molar-refractivity contribution is 5.90. The molecule has 2 aromatic rings. The zero-order chi connectivity index (χ0) is 27.4. The van der Waals surface area contributed by atoms with E-state index in [4.69, 9.17) is 4.74 Å². The van der Waals surface area contributed by atoms with E-state index in [9.17, 15) is 14.7 Å². The molecule has 0 spiro atoms. The monoisotopic (exact) mass is 508 g/mol. The molecule has 2 amide bonds. The van der Waals surface area contributed by atoms with E-state index >= 15 is 0 Å². The number of ether oxygens (including phenoxy) is 1. The first kappa shape index (κ1) is 28.5. The highest BCUT2D eigenvalue weighted by Gasteiger charge is 2.27. The Morgan fingerprint density at radius 2 is 1.49 bits per heavy atom. The Kier molecular flexibility index (Phi) is 8.93. The molecule has 0 aromatic heterocycles. The van der Waals surface area contributed by atoms with Gasteiger partial charge in [0.2, 0.25) is 0 Å². The quantitative estimate of drug-likeness (QED) is 0.376. The highest BCUT2D eigenvalue weighted by atomic mass is 16.5. The van der Waals surface area contributed by atoms with Gasteiger partial charge in [-0.05, 0) is 77.7 Å². The third kappa shape index (κ3) is 7.98. The van der Waals surface area contributed by atoms with Crippen molar-refractivity contribution in [3.63, 3.8) is 0 Å². The molecule has 1 saturated carbocycles. The van der Waals surface area contributed by atoms with Gasteiger partial charge in [-0.3, -0.25) is 4.79 Å². The number of anilines is 1. The Labute approximate surface area is 222 Å². The molecular weight excluding hydrogens is 464 g/mol. The van der Waals surface area contributed by atoms with E-state index in [-0.39, 0.29) is 35.0 Å². The van der Waals surface area contributed by atoms with Gasteiger partial charge in [0.05, 0.1) is 0 Å². The molecule has 1 fully saturated rings. The van der Waals surface area contributed by atoms with Gasteiger partial charge in [0.15, 0.2) is 0 Å². The summed E-state index contributed by atoms with van der Waals surface area (Å²) in [4.78, 5) is 24.0. The van der Waals surface area contributed by atoms with Crippen molar-refractivity contribution in [3.05, 3.63) is 58.7 Å². The molecule has 0 unspecified atom stereocenters. The van der Waals surface area contributed by atoms with Crippen LogP contribution in [0.2, 0.25) is 0 Å². The van der Waals surface area contributed by atoms with Crippen LogP contribution in [0.15, 0.2) is 36.4 Å². The average Bonchev–Trinajstić information content (AvgIpc) is 2.78. The van der Waals surface area contributed by atoms with Crippen LogP contribution in [0.1, 0.15) is 96.4 Å². The molecule has 0 atom stereocenters. The molecule has 37 heavy (non-hydrogen) atoms. The topological polar surface area (TPSA) is 87.7 Å². The molecule has 3 rings (SSSR count). The maximum absolute atomic E-state index is 12.8. The van der Waals surface area contributed by atoms with E-state index in [1.54, 1.807) is 0 Å². The standard InChI is InChI=1S/C31H44N2O4/c1-20(34)37-24-16-14-23(15-17-24)32-29(36)33-27-11-9-8-10-22(27)13-12-21-18-25(30(2,3)4)28(35)26(19-21)31(5,6)7/h8-11,18-19,23-24,35H,12-17H2,1-7H3,(H2,32,33,36). The van der Waals surface area contributed by atoms with Crippen LogP contribution in [-0.4, -0.2) is 29.3 Å². The number of aryl methyl sites for hydroxylation is 2. The number of carbonyl (C=O) groups is 2. The minimum absolute atomic E-state index is 0.0446. The Balaban J connectivity index is 1.67. The van der Waals surface area contributed by atoms with E-state index in [1.165, 1.54) is 12.5 Å². The molecule has 2 aromatic carbocycles. The summed E-state index contributed by atoms with van der Waals surface area (Å²) in [5.74, 6) is 0.145. The van der Waals surface area contributed by atoms with Crippen molar-refractivity contribution in [3.8, 4) is 5.75 Å². The number of phenolic OH excluding ortho intramolecular Hbond substituents is 1. The minimum atomic E-state index is -0.248. The zero-order valence-corrected chi connectivity index (χ0v) is 23.5. The van der Waals surface area contributed by atoms with Gasteiger partial charge < -0.3 is 20.5 Å². The Morgan fingerprint density at radius 1 is 0.919 bits per heavy atom. The molecule has 202 valence electrons. The largest absolute Gasteiger partial charge is 0.507 e. The summed E-state index contributed by atoms with van der Waals surface area (Å²) in [6, 6.07) is 12.0. The lowest BCUT2D eigenvalue weighted by molar-refractivity contribution is -0.147. The van der Waals surface area contributed by atoms with Crippen molar-refractivity contribution in [1.29, 1.82) is 0 Å². The van der Waals surface area contributed by atoms with Crippen LogP contribution >= 0.6 is 0 Å².